The molecule has 1 fully saturated rings. The summed E-state index contributed by atoms with van der Waals surface area (Å²) < 4.78 is 23.7. The zero-order valence-electron chi connectivity index (χ0n) is 18.2. The van der Waals surface area contributed by atoms with E-state index in [9.17, 15) is 14.3 Å². The van der Waals surface area contributed by atoms with E-state index < -0.39 is 23.9 Å². The second-order valence-corrected chi connectivity index (χ2v) is 8.42. The minimum absolute atomic E-state index is 0.177. The molecule has 0 unspecified atom stereocenters. The first-order valence-corrected chi connectivity index (χ1v) is 10.9. The van der Waals surface area contributed by atoms with Crippen molar-refractivity contribution in [2.75, 3.05) is 13.2 Å². The van der Waals surface area contributed by atoms with Gasteiger partial charge in [-0.15, -0.1) is 0 Å². The largest absolute Gasteiger partial charge is 0.389 e. The number of aryl methyl sites for hydroxylation is 1. The fraction of sp³-hybridized carbons (Fsp3) is 0.280. The summed E-state index contributed by atoms with van der Waals surface area (Å²) in [7, 11) is 1.88. The molecule has 170 valence electrons. The van der Waals surface area contributed by atoms with Crippen molar-refractivity contribution in [1.82, 2.24) is 19.7 Å². The quantitative estimate of drug-likeness (QED) is 0.492. The minimum atomic E-state index is -0.778. The standard InChI is InChI=1S/C25H25FN4O3/c1-29-13-18(11-27-29)17-7-5-16(6-8-17)12-30-14-19(24-20(26)3-2-4-22(24)30)25(32)28-21-9-10-33-15-23(21)31/h2-8,11,13-14,21,23,31H,9-10,12,15H2,1H3,(H,28,32)/t21-,23-/m0/s1. The highest BCUT2D eigenvalue weighted by Gasteiger charge is 2.27. The van der Waals surface area contributed by atoms with Crippen LogP contribution >= 0.6 is 0 Å². The Bertz CT molecular complexity index is 1290. The molecule has 1 amide bonds. The summed E-state index contributed by atoms with van der Waals surface area (Å²) in [4.78, 5) is 13.0. The molecular weight excluding hydrogens is 423 g/mol. The third-order valence-electron chi connectivity index (χ3n) is 6.09. The van der Waals surface area contributed by atoms with Crippen molar-refractivity contribution in [2.45, 2.75) is 25.1 Å². The van der Waals surface area contributed by atoms with Crippen LogP contribution in [-0.2, 0) is 18.3 Å². The predicted molar refractivity (Wildman–Crippen MR) is 122 cm³/mol. The molecule has 4 aromatic rings. The molecule has 8 heteroatoms. The minimum Gasteiger partial charge on any atom is -0.389 e. The highest BCUT2D eigenvalue weighted by molar-refractivity contribution is 6.07. The molecule has 2 aromatic heterocycles. The van der Waals surface area contributed by atoms with E-state index in [2.05, 4.69) is 10.4 Å². The van der Waals surface area contributed by atoms with Crippen LogP contribution in [0, 0.1) is 5.82 Å². The molecule has 7 nitrogen and oxygen atoms in total. The van der Waals surface area contributed by atoms with Gasteiger partial charge in [0.05, 0.1) is 36.0 Å². The molecule has 3 heterocycles. The van der Waals surface area contributed by atoms with Crippen molar-refractivity contribution in [3.8, 4) is 11.1 Å². The maximum Gasteiger partial charge on any atom is 0.253 e. The zero-order chi connectivity index (χ0) is 22.9. The van der Waals surface area contributed by atoms with Crippen LogP contribution in [0.2, 0.25) is 0 Å². The first-order chi connectivity index (χ1) is 16.0. The number of hydrogen-bond donors (Lipinski definition) is 2. The number of fused-ring (bicyclic) bond motifs is 1. The van der Waals surface area contributed by atoms with Crippen LogP contribution in [0.4, 0.5) is 4.39 Å². The number of hydrogen-bond acceptors (Lipinski definition) is 4. The Labute approximate surface area is 190 Å². The number of halogens is 1. The molecule has 0 radical (unpaired) electrons. The van der Waals surface area contributed by atoms with Crippen molar-refractivity contribution in [1.29, 1.82) is 0 Å². The molecule has 0 bridgehead atoms. The summed E-state index contributed by atoms with van der Waals surface area (Å²) in [6.07, 6.45) is 5.19. The maximum atomic E-state index is 14.8. The van der Waals surface area contributed by atoms with E-state index in [0.717, 1.165) is 16.7 Å². The van der Waals surface area contributed by atoms with Crippen LogP contribution in [0.1, 0.15) is 22.3 Å². The van der Waals surface area contributed by atoms with E-state index in [1.165, 1.54) is 6.07 Å². The number of rotatable bonds is 5. The average Bonchev–Trinajstić information content (AvgIpc) is 3.41. The van der Waals surface area contributed by atoms with E-state index in [0.29, 0.717) is 25.1 Å². The molecule has 0 spiro atoms. The van der Waals surface area contributed by atoms with Crippen LogP contribution in [-0.4, -0.2) is 50.7 Å². The third kappa shape index (κ3) is 4.27. The number of ether oxygens (including phenoxy) is 1. The molecule has 0 aliphatic carbocycles. The van der Waals surface area contributed by atoms with Gasteiger partial charge in [-0.3, -0.25) is 9.48 Å². The number of carbonyl (C=O) groups is 1. The van der Waals surface area contributed by atoms with Gasteiger partial charge in [-0.2, -0.15) is 5.10 Å². The molecule has 1 aliphatic heterocycles. The van der Waals surface area contributed by atoms with E-state index in [1.54, 1.807) is 16.9 Å². The molecular formula is C25H25FN4O3. The first-order valence-electron chi connectivity index (χ1n) is 10.9. The smallest absolute Gasteiger partial charge is 0.253 e. The van der Waals surface area contributed by atoms with E-state index in [4.69, 9.17) is 4.74 Å². The summed E-state index contributed by atoms with van der Waals surface area (Å²) in [5, 5.41) is 17.5. The number of amides is 1. The highest BCUT2D eigenvalue weighted by atomic mass is 19.1. The van der Waals surface area contributed by atoms with Gasteiger partial charge in [-0.25, -0.2) is 4.39 Å². The SMILES string of the molecule is Cn1cc(-c2ccc(Cn3cc(C(=O)N[C@H]4CCOC[C@@H]4O)c4c(F)cccc43)cc2)cn1. The van der Waals surface area contributed by atoms with Crippen molar-refractivity contribution in [3.05, 3.63) is 78.0 Å². The Morgan fingerprint density at radius 1 is 1.21 bits per heavy atom. The van der Waals surface area contributed by atoms with Crippen molar-refractivity contribution >= 4 is 16.8 Å². The number of carbonyl (C=O) groups excluding carboxylic acids is 1. The second-order valence-electron chi connectivity index (χ2n) is 8.42. The number of nitrogens with zero attached hydrogens (tertiary/aromatic N) is 3. The first kappa shape index (κ1) is 21.4. The average molecular weight is 448 g/mol. The Morgan fingerprint density at radius 2 is 2.03 bits per heavy atom. The monoisotopic (exact) mass is 448 g/mol. The lowest BCUT2D eigenvalue weighted by atomic mass is 10.1. The van der Waals surface area contributed by atoms with Crippen LogP contribution < -0.4 is 5.32 Å². The fourth-order valence-corrected chi connectivity index (χ4v) is 4.32. The molecule has 33 heavy (non-hydrogen) atoms. The normalized spacial score (nSPS) is 18.5. The van der Waals surface area contributed by atoms with Gasteiger partial charge < -0.3 is 19.7 Å². The summed E-state index contributed by atoms with van der Waals surface area (Å²) in [6, 6.07) is 12.5. The van der Waals surface area contributed by atoms with E-state index >= 15 is 0 Å². The molecule has 2 aromatic carbocycles. The Morgan fingerprint density at radius 3 is 2.76 bits per heavy atom. The van der Waals surface area contributed by atoms with Crippen molar-refractivity contribution in [2.24, 2.45) is 7.05 Å². The van der Waals surface area contributed by atoms with Gasteiger partial charge in [-0.05, 0) is 29.7 Å². The van der Waals surface area contributed by atoms with Gasteiger partial charge in [0.25, 0.3) is 5.91 Å². The van der Waals surface area contributed by atoms with E-state index in [1.807, 2.05) is 54.3 Å². The Hall–Kier alpha value is -3.49. The van der Waals surface area contributed by atoms with Crippen molar-refractivity contribution < 1.29 is 19.0 Å². The summed E-state index contributed by atoms with van der Waals surface area (Å²) in [6.45, 7) is 1.13. The number of aromatic nitrogens is 3. The number of benzene rings is 2. The lowest BCUT2D eigenvalue weighted by Gasteiger charge is -2.28. The highest BCUT2D eigenvalue weighted by Crippen LogP contribution is 2.26. The summed E-state index contributed by atoms with van der Waals surface area (Å²) in [5.74, 6) is -0.849. The lowest BCUT2D eigenvalue weighted by molar-refractivity contribution is -0.0260. The lowest BCUT2D eigenvalue weighted by Crippen LogP contribution is -2.48. The molecule has 5 rings (SSSR count). The number of aliphatic hydroxyl groups is 1. The summed E-state index contributed by atoms with van der Waals surface area (Å²) >= 11 is 0. The van der Waals surface area contributed by atoms with Crippen molar-refractivity contribution in [3.63, 3.8) is 0 Å². The molecule has 2 atom stereocenters. The molecule has 0 saturated carbocycles. The van der Waals surface area contributed by atoms with Crippen LogP contribution in [0.25, 0.3) is 22.0 Å². The summed E-state index contributed by atoms with van der Waals surface area (Å²) in [5.41, 5.74) is 4.02. The number of nitrogens with one attached hydrogen (secondary N) is 1. The van der Waals surface area contributed by atoms with Gasteiger partial charge >= 0.3 is 0 Å². The van der Waals surface area contributed by atoms with Gasteiger partial charge in [0.2, 0.25) is 0 Å². The number of aliphatic hydroxyl groups excluding tert-OH is 1. The predicted octanol–water partition coefficient (Wildman–Crippen LogP) is 3.11. The van der Waals surface area contributed by atoms with Gasteiger partial charge in [0.1, 0.15) is 5.82 Å². The fourth-order valence-electron chi connectivity index (χ4n) is 4.32. The molecule has 1 aliphatic rings. The molecule has 2 N–H and O–H groups in total. The van der Waals surface area contributed by atoms with Gasteiger partial charge in [0, 0.05) is 43.5 Å². The second kappa shape index (κ2) is 8.80. The Kier molecular flexibility index (Phi) is 5.70. The Balaban J connectivity index is 1.43. The van der Waals surface area contributed by atoms with Crippen LogP contribution in [0.15, 0.2) is 61.1 Å². The third-order valence-corrected chi connectivity index (χ3v) is 6.09. The maximum absolute atomic E-state index is 14.8. The zero-order valence-corrected chi connectivity index (χ0v) is 18.2. The topological polar surface area (TPSA) is 81.3 Å². The van der Waals surface area contributed by atoms with E-state index in [-0.39, 0.29) is 17.6 Å². The molecule has 1 saturated heterocycles. The van der Waals surface area contributed by atoms with Crippen LogP contribution in [0.3, 0.4) is 0 Å². The van der Waals surface area contributed by atoms with Gasteiger partial charge in [0.15, 0.2) is 0 Å². The van der Waals surface area contributed by atoms with Gasteiger partial charge in [-0.1, -0.05) is 30.3 Å². The van der Waals surface area contributed by atoms with Crippen LogP contribution in [0.5, 0.6) is 0 Å².